The van der Waals surface area contributed by atoms with Gasteiger partial charge in [-0.3, -0.25) is 0 Å². The van der Waals surface area contributed by atoms with Gasteiger partial charge in [0.1, 0.15) is 13.1 Å². The highest BCUT2D eigenvalue weighted by Gasteiger charge is 2.24. The topological polar surface area (TPSA) is 9.23 Å². The molecule has 0 radical (unpaired) electrons. The van der Waals surface area contributed by atoms with Gasteiger partial charge in [0.25, 0.3) is 0 Å². The Labute approximate surface area is 192 Å². The third-order valence-corrected chi connectivity index (χ3v) is 7.02. The lowest BCUT2D eigenvalue weighted by Crippen LogP contribution is -3.00. The second-order valence-electron chi connectivity index (χ2n) is 8.61. The van der Waals surface area contributed by atoms with Crippen LogP contribution in [0.4, 0.5) is 0 Å². The first-order valence-electron chi connectivity index (χ1n) is 11.8. The van der Waals surface area contributed by atoms with Gasteiger partial charge in [0.15, 0.2) is 0 Å². The minimum atomic E-state index is 0. The molecule has 2 nitrogen and oxygen atoms in total. The zero-order chi connectivity index (χ0) is 18.8. The van der Waals surface area contributed by atoms with Crippen LogP contribution >= 0.6 is 11.8 Å². The summed E-state index contributed by atoms with van der Waals surface area (Å²) in [7, 11) is 2.40. The van der Waals surface area contributed by atoms with Crippen molar-refractivity contribution < 1.29 is 33.2 Å². The van der Waals surface area contributed by atoms with E-state index in [2.05, 4.69) is 25.7 Å². The van der Waals surface area contributed by atoms with Crippen LogP contribution in [0.1, 0.15) is 96.8 Å². The van der Waals surface area contributed by atoms with Crippen molar-refractivity contribution in [3.05, 3.63) is 0 Å². The van der Waals surface area contributed by atoms with E-state index in [1.807, 2.05) is 0 Å². The van der Waals surface area contributed by atoms with Gasteiger partial charge in [-0.2, -0.15) is 11.8 Å². The van der Waals surface area contributed by atoms with Crippen LogP contribution in [0.3, 0.4) is 0 Å². The van der Waals surface area contributed by atoms with E-state index in [-0.39, 0.29) is 24.0 Å². The van der Waals surface area contributed by atoms with E-state index in [4.69, 9.17) is 4.74 Å². The van der Waals surface area contributed by atoms with Crippen LogP contribution < -0.4 is 24.0 Å². The third-order valence-electron chi connectivity index (χ3n) is 5.97. The van der Waals surface area contributed by atoms with Gasteiger partial charge >= 0.3 is 0 Å². The van der Waals surface area contributed by atoms with Gasteiger partial charge in [-0.1, -0.05) is 90.4 Å². The molecule has 27 heavy (non-hydrogen) atoms. The molecular weight excluding hydrogens is 465 g/mol. The summed E-state index contributed by atoms with van der Waals surface area (Å²) in [5, 5.41) is 0. The molecule has 0 saturated carbocycles. The summed E-state index contributed by atoms with van der Waals surface area (Å²) >= 11 is 2.17. The maximum Gasteiger partial charge on any atom is 0.102 e. The van der Waals surface area contributed by atoms with Gasteiger partial charge in [0.2, 0.25) is 0 Å². The first-order valence-corrected chi connectivity index (χ1v) is 12.9. The lowest BCUT2D eigenvalue weighted by molar-refractivity contribution is -0.914. The van der Waals surface area contributed by atoms with Crippen LogP contribution in [-0.4, -0.2) is 55.9 Å². The lowest BCUT2D eigenvalue weighted by atomic mass is 10.0. The molecule has 1 saturated heterocycles. The van der Waals surface area contributed by atoms with Crippen LogP contribution in [0, 0.1) is 0 Å². The number of rotatable bonds is 18. The molecule has 4 heteroatoms. The van der Waals surface area contributed by atoms with Crippen LogP contribution in [0.25, 0.3) is 0 Å². The summed E-state index contributed by atoms with van der Waals surface area (Å²) in [6.45, 7) is 7.96. The van der Waals surface area contributed by atoms with E-state index in [1.165, 1.54) is 126 Å². The standard InChI is InChI=1S/C23H48NOS.HI/c1-3-4-5-6-7-8-9-10-11-12-13-14-15-16-22-26-23-19-24(2)17-20-25-21-18-24;/h3-23H2,1-2H3;1H/q+1;/p-1. The molecule has 1 aliphatic heterocycles. The fourth-order valence-corrected chi connectivity index (χ4v) is 4.98. The average molecular weight is 514 g/mol. The quantitative estimate of drug-likeness (QED) is 0.157. The second-order valence-corrected chi connectivity index (χ2v) is 9.84. The predicted octanol–water partition coefficient (Wildman–Crippen LogP) is 3.68. The van der Waals surface area contributed by atoms with Gasteiger partial charge in [-0.05, 0) is 12.2 Å². The van der Waals surface area contributed by atoms with Crippen LogP contribution in [0.15, 0.2) is 0 Å². The van der Waals surface area contributed by atoms with Crippen molar-refractivity contribution in [3.8, 4) is 0 Å². The van der Waals surface area contributed by atoms with Crippen molar-refractivity contribution in [2.75, 3.05) is 51.4 Å². The van der Waals surface area contributed by atoms with Crippen molar-refractivity contribution >= 4 is 11.8 Å². The Hall–Kier alpha value is 1.00. The third kappa shape index (κ3) is 17.6. The molecule has 0 N–H and O–H groups in total. The van der Waals surface area contributed by atoms with Gasteiger partial charge in [-0.15, -0.1) is 0 Å². The monoisotopic (exact) mass is 513 g/mol. The molecule has 0 unspecified atom stereocenters. The van der Waals surface area contributed by atoms with Gasteiger partial charge < -0.3 is 33.2 Å². The van der Waals surface area contributed by atoms with Crippen LogP contribution in [0.5, 0.6) is 0 Å². The molecule has 0 aromatic carbocycles. The SMILES string of the molecule is CCCCCCCCCCCCCCCCSCC[N+]1(C)CCOCC1.[I-]. The molecule has 1 rings (SSSR count). The Morgan fingerprint density at radius 2 is 1.11 bits per heavy atom. The molecule has 0 aromatic heterocycles. The molecule has 0 amide bonds. The Kier molecular flexibility index (Phi) is 21.0. The molecule has 0 aliphatic carbocycles. The number of thioether (sulfide) groups is 1. The average Bonchev–Trinajstić information content (AvgIpc) is 2.65. The van der Waals surface area contributed by atoms with Gasteiger partial charge in [0, 0.05) is 5.75 Å². The van der Waals surface area contributed by atoms with Gasteiger partial charge in [-0.25, -0.2) is 0 Å². The highest BCUT2D eigenvalue weighted by molar-refractivity contribution is 7.99. The summed E-state index contributed by atoms with van der Waals surface area (Å²) in [5.74, 6) is 2.70. The molecule has 0 atom stereocenters. The van der Waals surface area contributed by atoms with Gasteiger partial charge in [0.05, 0.1) is 26.8 Å². The van der Waals surface area contributed by atoms with Crippen molar-refractivity contribution in [2.45, 2.75) is 96.8 Å². The number of likely N-dealkylation sites (N-methyl/N-ethyl adjacent to an activating group) is 1. The minimum Gasteiger partial charge on any atom is -1.00 e. The fraction of sp³-hybridized carbons (Fsp3) is 1.00. The van der Waals surface area contributed by atoms with E-state index in [0.717, 1.165) is 13.2 Å². The number of quaternary nitrogens is 1. The summed E-state index contributed by atoms with van der Waals surface area (Å²) in [5.41, 5.74) is 0. The number of hydrogen-bond donors (Lipinski definition) is 0. The highest BCUT2D eigenvalue weighted by Crippen LogP contribution is 2.15. The fourth-order valence-electron chi connectivity index (χ4n) is 3.79. The Morgan fingerprint density at radius 1 is 0.667 bits per heavy atom. The molecule has 1 heterocycles. The summed E-state index contributed by atoms with van der Waals surface area (Å²) in [4.78, 5) is 0. The molecular formula is C23H48INOS. The minimum absolute atomic E-state index is 0. The van der Waals surface area contributed by atoms with E-state index in [0.29, 0.717) is 0 Å². The zero-order valence-electron chi connectivity index (χ0n) is 18.5. The lowest BCUT2D eigenvalue weighted by Gasteiger charge is -2.37. The number of nitrogens with zero attached hydrogens (tertiary/aromatic N) is 1. The maximum atomic E-state index is 5.48. The van der Waals surface area contributed by atoms with Crippen molar-refractivity contribution in [3.63, 3.8) is 0 Å². The normalized spacial score (nSPS) is 16.2. The number of hydrogen-bond acceptors (Lipinski definition) is 2. The number of morpholine rings is 1. The van der Waals surface area contributed by atoms with Crippen molar-refractivity contribution in [1.29, 1.82) is 0 Å². The number of halogens is 1. The van der Waals surface area contributed by atoms with E-state index < -0.39 is 0 Å². The molecule has 0 aromatic rings. The Balaban J connectivity index is 0.00000676. The van der Waals surface area contributed by atoms with Crippen LogP contribution in [-0.2, 0) is 4.74 Å². The Bertz CT molecular complexity index is 298. The number of ether oxygens (including phenoxy) is 1. The van der Waals surface area contributed by atoms with E-state index in [9.17, 15) is 0 Å². The van der Waals surface area contributed by atoms with Crippen LogP contribution in [0.2, 0.25) is 0 Å². The second kappa shape index (κ2) is 20.3. The predicted molar refractivity (Wildman–Crippen MR) is 119 cm³/mol. The zero-order valence-corrected chi connectivity index (χ0v) is 21.5. The summed E-state index contributed by atoms with van der Waals surface area (Å²) in [6, 6.07) is 0. The maximum absolute atomic E-state index is 5.48. The largest absolute Gasteiger partial charge is 1.00 e. The molecule has 1 aliphatic rings. The number of unbranched alkanes of at least 4 members (excludes halogenated alkanes) is 13. The van der Waals surface area contributed by atoms with E-state index in [1.54, 1.807) is 0 Å². The first-order chi connectivity index (χ1) is 12.8. The summed E-state index contributed by atoms with van der Waals surface area (Å²) in [6.07, 6.45) is 20.4. The molecule has 164 valence electrons. The summed E-state index contributed by atoms with van der Waals surface area (Å²) < 4.78 is 6.71. The smallest absolute Gasteiger partial charge is 0.102 e. The molecule has 0 spiro atoms. The molecule has 0 bridgehead atoms. The first kappa shape index (κ1) is 28.0. The molecule has 1 fully saturated rings. The van der Waals surface area contributed by atoms with E-state index >= 15 is 0 Å². The highest BCUT2D eigenvalue weighted by atomic mass is 127. The van der Waals surface area contributed by atoms with Crippen molar-refractivity contribution in [1.82, 2.24) is 0 Å². The van der Waals surface area contributed by atoms with Crippen molar-refractivity contribution in [2.24, 2.45) is 0 Å². The Morgan fingerprint density at radius 3 is 1.59 bits per heavy atom.